The maximum atomic E-state index is 13.1. The van der Waals surface area contributed by atoms with Crippen molar-refractivity contribution in [1.82, 2.24) is 9.80 Å². The smallest absolute Gasteiger partial charge is 0.290 e. The molecular formula is C23H27N3O6. The minimum Gasteiger partial charge on any atom is -0.503 e. The van der Waals surface area contributed by atoms with Gasteiger partial charge in [0.1, 0.15) is 5.75 Å². The van der Waals surface area contributed by atoms with E-state index >= 15 is 0 Å². The number of nitrogens with zero attached hydrogens (tertiary/aromatic N) is 2. The lowest BCUT2D eigenvalue weighted by atomic mass is 9.95. The summed E-state index contributed by atoms with van der Waals surface area (Å²) in [5, 5.41) is 10.6. The van der Waals surface area contributed by atoms with Crippen LogP contribution >= 0.6 is 0 Å². The molecule has 1 aliphatic rings. The van der Waals surface area contributed by atoms with Gasteiger partial charge in [-0.1, -0.05) is 26.0 Å². The van der Waals surface area contributed by atoms with Crippen molar-refractivity contribution in [3.8, 4) is 5.75 Å². The van der Waals surface area contributed by atoms with Crippen LogP contribution in [0.4, 0.5) is 0 Å². The molecule has 1 aliphatic heterocycles. The van der Waals surface area contributed by atoms with Gasteiger partial charge in [0.05, 0.1) is 17.9 Å². The van der Waals surface area contributed by atoms with E-state index in [-0.39, 0.29) is 17.9 Å². The van der Waals surface area contributed by atoms with Crippen LogP contribution in [0.15, 0.2) is 58.4 Å². The largest absolute Gasteiger partial charge is 0.503 e. The zero-order chi connectivity index (χ0) is 23.3. The molecule has 1 aromatic heterocycles. The Bertz CT molecular complexity index is 993. The molecule has 1 aromatic carbocycles. The van der Waals surface area contributed by atoms with Crippen LogP contribution in [-0.2, 0) is 9.59 Å². The molecule has 0 saturated carbocycles. The number of likely N-dealkylation sites (N-methyl/N-ethyl adjacent to an activating group) is 1. The van der Waals surface area contributed by atoms with Crippen molar-refractivity contribution in [2.24, 2.45) is 5.73 Å². The molecule has 0 saturated heterocycles. The Morgan fingerprint density at radius 3 is 2.44 bits per heavy atom. The van der Waals surface area contributed by atoms with Crippen LogP contribution in [0.1, 0.15) is 36.0 Å². The summed E-state index contributed by atoms with van der Waals surface area (Å²) in [6.45, 7) is 6.33. The van der Waals surface area contributed by atoms with E-state index in [1.165, 1.54) is 17.2 Å². The number of Topliss-reactive ketones (excluding diaryl/α,β-unsaturated/α-hetero) is 1. The third-order valence-corrected chi connectivity index (χ3v) is 5.42. The summed E-state index contributed by atoms with van der Waals surface area (Å²) in [6.07, 6.45) is 1.36. The van der Waals surface area contributed by atoms with Gasteiger partial charge in [0, 0.05) is 13.1 Å². The van der Waals surface area contributed by atoms with Crippen molar-refractivity contribution in [2.75, 3.05) is 32.8 Å². The summed E-state index contributed by atoms with van der Waals surface area (Å²) in [5.74, 6) is -1.88. The first-order valence-electron chi connectivity index (χ1n) is 10.4. The van der Waals surface area contributed by atoms with Crippen molar-refractivity contribution < 1.29 is 28.6 Å². The lowest BCUT2D eigenvalue weighted by Gasteiger charge is -2.29. The van der Waals surface area contributed by atoms with Crippen molar-refractivity contribution in [2.45, 2.75) is 19.9 Å². The molecule has 0 bridgehead atoms. The molecule has 2 amide bonds. The molecule has 2 heterocycles. The maximum absolute atomic E-state index is 13.1. The van der Waals surface area contributed by atoms with Crippen molar-refractivity contribution in [3.05, 3.63) is 65.3 Å². The molecule has 3 N–H and O–H groups in total. The highest BCUT2D eigenvalue weighted by atomic mass is 16.5. The SMILES string of the molecule is CCN(CC)CCN1C(=O)C(O)=C(C(=O)c2ccco2)C1c1ccc(OCC(N)=O)cc1. The molecular weight excluding hydrogens is 414 g/mol. The average Bonchev–Trinajstić information content (AvgIpc) is 3.41. The van der Waals surface area contributed by atoms with Gasteiger partial charge in [-0.05, 0) is 42.9 Å². The molecule has 1 unspecified atom stereocenters. The number of furan rings is 1. The third kappa shape index (κ3) is 4.83. The van der Waals surface area contributed by atoms with E-state index in [4.69, 9.17) is 14.9 Å². The summed E-state index contributed by atoms with van der Waals surface area (Å²) in [4.78, 5) is 40.6. The number of hydrogen-bond donors (Lipinski definition) is 2. The number of ketones is 1. The zero-order valence-corrected chi connectivity index (χ0v) is 18.1. The van der Waals surface area contributed by atoms with Crippen LogP contribution in [0.2, 0.25) is 0 Å². The van der Waals surface area contributed by atoms with Gasteiger partial charge >= 0.3 is 0 Å². The number of carbonyl (C=O) groups excluding carboxylic acids is 3. The van der Waals surface area contributed by atoms with Gasteiger partial charge in [-0.2, -0.15) is 0 Å². The standard InChI is InChI=1S/C23H27N3O6/c1-3-25(4-2)11-12-26-20(15-7-9-16(10-8-15)32-14-18(24)27)19(22(29)23(26)30)21(28)17-6-5-13-31-17/h5-10,13,20,29H,3-4,11-12,14H2,1-2H3,(H2,24,27). The number of rotatable bonds is 11. The van der Waals surface area contributed by atoms with Gasteiger partial charge < -0.3 is 29.8 Å². The molecule has 0 radical (unpaired) electrons. The molecule has 32 heavy (non-hydrogen) atoms. The van der Waals surface area contributed by atoms with Gasteiger partial charge in [0.15, 0.2) is 18.1 Å². The van der Waals surface area contributed by atoms with E-state index in [0.29, 0.717) is 24.4 Å². The molecule has 0 aliphatic carbocycles. The summed E-state index contributed by atoms with van der Waals surface area (Å²) in [6, 6.07) is 8.88. The van der Waals surface area contributed by atoms with Crippen molar-refractivity contribution in [3.63, 3.8) is 0 Å². The van der Waals surface area contributed by atoms with E-state index in [1.54, 1.807) is 30.3 Å². The van der Waals surface area contributed by atoms with Crippen LogP contribution < -0.4 is 10.5 Å². The fourth-order valence-corrected chi connectivity index (χ4v) is 3.69. The fraction of sp³-hybridized carbons (Fsp3) is 0.348. The van der Waals surface area contributed by atoms with E-state index in [9.17, 15) is 19.5 Å². The number of primary amides is 1. The predicted molar refractivity (Wildman–Crippen MR) is 116 cm³/mol. The molecule has 2 aromatic rings. The average molecular weight is 441 g/mol. The molecule has 9 nitrogen and oxygen atoms in total. The number of hydrogen-bond acceptors (Lipinski definition) is 7. The number of amides is 2. The molecule has 9 heteroatoms. The highest BCUT2D eigenvalue weighted by Crippen LogP contribution is 2.39. The second-order valence-corrected chi connectivity index (χ2v) is 7.32. The molecule has 3 rings (SSSR count). The number of benzene rings is 1. The summed E-state index contributed by atoms with van der Waals surface area (Å²) < 4.78 is 10.5. The Morgan fingerprint density at radius 1 is 1.19 bits per heavy atom. The molecule has 0 fully saturated rings. The van der Waals surface area contributed by atoms with Gasteiger partial charge in [-0.3, -0.25) is 14.4 Å². The van der Waals surface area contributed by atoms with E-state index in [1.807, 2.05) is 13.8 Å². The Hall–Kier alpha value is -3.59. The fourth-order valence-electron chi connectivity index (χ4n) is 3.69. The highest BCUT2D eigenvalue weighted by Gasteiger charge is 2.44. The lowest BCUT2D eigenvalue weighted by molar-refractivity contribution is -0.129. The predicted octanol–water partition coefficient (Wildman–Crippen LogP) is 2.06. The topological polar surface area (TPSA) is 126 Å². The minimum atomic E-state index is -0.791. The first kappa shape index (κ1) is 23.1. The number of ether oxygens (including phenoxy) is 1. The van der Waals surface area contributed by atoms with Crippen LogP contribution in [-0.4, -0.2) is 65.3 Å². The highest BCUT2D eigenvalue weighted by molar-refractivity contribution is 6.15. The number of aliphatic hydroxyl groups excluding tert-OH is 1. The van der Waals surface area contributed by atoms with Crippen LogP contribution in [0.5, 0.6) is 5.75 Å². The second-order valence-electron chi connectivity index (χ2n) is 7.32. The van der Waals surface area contributed by atoms with Crippen LogP contribution in [0.3, 0.4) is 0 Å². The number of nitrogens with two attached hydrogens (primary N) is 1. The van der Waals surface area contributed by atoms with Crippen LogP contribution in [0.25, 0.3) is 0 Å². The maximum Gasteiger partial charge on any atom is 0.290 e. The van der Waals surface area contributed by atoms with Gasteiger partial charge in [0.2, 0.25) is 5.78 Å². The van der Waals surface area contributed by atoms with Gasteiger partial charge in [-0.15, -0.1) is 0 Å². The first-order chi connectivity index (χ1) is 15.4. The lowest BCUT2D eigenvalue weighted by Crippen LogP contribution is -2.38. The summed E-state index contributed by atoms with van der Waals surface area (Å²) in [7, 11) is 0. The Labute approximate surface area is 186 Å². The normalized spacial score (nSPS) is 16.2. The quantitative estimate of drug-likeness (QED) is 0.511. The zero-order valence-electron chi connectivity index (χ0n) is 18.1. The molecule has 170 valence electrons. The molecule has 0 spiro atoms. The summed E-state index contributed by atoms with van der Waals surface area (Å²) >= 11 is 0. The van der Waals surface area contributed by atoms with Crippen molar-refractivity contribution in [1.29, 1.82) is 0 Å². The van der Waals surface area contributed by atoms with E-state index < -0.39 is 29.4 Å². The van der Waals surface area contributed by atoms with Gasteiger partial charge in [-0.25, -0.2) is 0 Å². The molecule has 1 atom stereocenters. The number of carbonyl (C=O) groups is 3. The third-order valence-electron chi connectivity index (χ3n) is 5.42. The Balaban J connectivity index is 1.95. The second kappa shape index (κ2) is 10.1. The van der Waals surface area contributed by atoms with Gasteiger partial charge in [0.25, 0.3) is 11.8 Å². The minimum absolute atomic E-state index is 0.0321. The van der Waals surface area contributed by atoms with E-state index in [2.05, 4.69) is 4.90 Å². The van der Waals surface area contributed by atoms with Crippen molar-refractivity contribution >= 4 is 17.6 Å². The Kier molecular flexibility index (Phi) is 7.32. The monoisotopic (exact) mass is 441 g/mol. The Morgan fingerprint density at radius 2 is 1.88 bits per heavy atom. The number of aliphatic hydroxyl groups is 1. The van der Waals surface area contributed by atoms with Crippen LogP contribution in [0, 0.1) is 0 Å². The summed E-state index contributed by atoms with van der Waals surface area (Å²) in [5.41, 5.74) is 5.69. The van der Waals surface area contributed by atoms with E-state index in [0.717, 1.165) is 13.1 Å². The first-order valence-corrected chi connectivity index (χ1v) is 10.4.